The summed E-state index contributed by atoms with van der Waals surface area (Å²) in [6.07, 6.45) is -2.84. The molecule has 38 heavy (non-hydrogen) atoms. The van der Waals surface area contributed by atoms with Crippen LogP contribution < -0.4 is 10.2 Å². The molecule has 5 rings (SSSR count). The summed E-state index contributed by atoms with van der Waals surface area (Å²) in [5.41, 5.74) is 2.53. The molecule has 2 aliphatic rings. The van der Waals surface area contributed by atoms with Crippen LogP contribution in [-0.4, -0.2) is 64.3 Å². The average Bonchev–Trinajstić information content (AvgIpc) is 3.69. The van der Waals surface area contributed by atoms with Gasteiger partial charge in [-0.3, -0.25) is 4.90 Å². The Morgan fingerprint density at radius 1 is 1.05 bits per heavy atom. The number of hydrogen-bond donors (Lipinski definition) is 2. The van der Waals surface area contributed by atoms with Gasteiger partial charge in [0.25, 0.3) is 0 Å². The van der Waals surface area contributed by atoms with E-state index in [4.69, 9.17) is 19.9 Å². The zero-order valence-corrected chi connectivity index (χ0v) is 20.0. The number of aromatic nitrogens is 2. The van der Waals surface area contributed by atoms with Crippen LogP contribution in [0.3, 0.4) is 0 Å². The summed E-state index contributed by atoms with van der Waals surface area (Å²) in [6.45, 7) is 3.41. The van der Waals surface area contributed by atoms with Gasteiger partial charge < -0.3 is 15.3 Å². The number of halogens is 5. The van der Waals surface area contributed by atoms with Crippen LogP contribution in [0.5, 0.6) is 0 Å². The molecule has 2 aromatic carbocycles. The fourth-order valence-electron chi connectivity index (χ4n) is 3.86. The Morgan fingerprint density at radius 3 is 2.32 bits per heavy atom. The number of carboxylic acid groups (broad SMARTS) is 1. The van der Waals surface area contributed by atoms with Gasteiger partial charge in [-0.25, -0.2) is 23.5 Å². The first-order valence-corrected chi connectivity index (χ1v) is 11.7. The number of nitrogens with zero attached hydrogens (tertiary/aromatic N) is 5. The van der Waals surface area contributed by atoms with Gasteiger partial charge in [0.15, 0.2) is 11.6 Å². The molecule has 1 aromatic heterocycles. The standard InChI is InChI=1S/C23H22F2N6.C2HF3O2/c24-17-3-2-16(19(25)12-17)14-30-7-9-31(10-8-30)23-22(27-18-4-5-18)28-21-11-15(13-26)1-6-20(21)29-23;3-2(4,5)1(6)7/h1-3,6,11-12,18H,4-5,7-10,14H2,(H,27,28);(H,6,7). The van der Waals surface area contributed by atoms with Gasteiger partial charge in [-0.2, -0.15) is 18.4 Å². The van der Waals surface area contributed by atoms with E-state index in [1.165, 1.54) is 12.1 Å². The van der Waals surface area contributed by atoms with Crippen LogP contribution in [0.15, 0.2) is 36.4 Å². The number of benzene rings is 2. The summed E-state index contributed by atoms with van der Waals surface area (Å²) in [4.78, 5) is 22.9. The summed E-state index contributed by atoms with van der Waals surface area (Å²) in [5, 5.41) is 19.8. The monoisotopic (exact) mass is 534 g/mol. The number of piperazine rings is 1. The van der Waals surface area contributed by atoms with E-state index in [1.807, 2.05) is 6.07 Å². The van der Waals surface area contributed by atoms with Crippen molar-refractivity contribution in [1.29, 1.82) is 5.26 Å². The molecule has 0 unspecified atom stereocenters. The minimum atomic E-state index is -5.08. The predicted molar refractivity (Wildman–Crippen MR) is 128 cm³/mol. The highest BCUT2D eigenvalue weighted by Gasteiger charge is 2.38. The van der Waals surface area contributed by atoms with Crippen molar-refractivity contribution in [3.8, 4) is 6.07 Å². The maximum absolute atomic E-state index is 14.0. The zero-order chi connectivity index (χ0) is 27.4. The lowest BCUT2D eigenvalue weighted by molar-refractivity contribution is -0.192. The van der Waals surface area contributed by atoms with Crippen LogP contribution in [0.1, 0.15) is 24.0 Å². The van der Waals surface area contributed by atoms with Crippen molar-refractivity contribution >= 4 is 28.6 Å². The van der Waals surface area contributed by atoms with Crippen molar-refractivity contribution in [3.63, 3.8) is 0 Å². The molecule has 1 saturated carbocycles. The second-order valence-corrected chi connectivity index (χ2v) is 8.93. The largest absolute Gasteiger partial charge is 0.490 e. The number of nitrogens with one attached hydrogen (secondary N) is 1. The van der Waals surface area contributed by atoms with E-state index in [9.17, 15) is 27.2 Å². The van der Waals surface area contributed by atoms with Crippen molar-refractivity contribution in [1.82, 2.24) is 14.9 Å². The molecule has 0 spiro atoms. The molecule has 2 fully saturated rings. The molecule has 200 valence electrons. The Morgan fingerprint density at radius 2 is 1.74 bits per heavy atom. The van der Waals surface area contributed by atoms with Crippen LogP contribution in [0, 0.1) is 23.0 Å². The lowest BCUT2D eigenvalue weighted by Crippen LogP contribution is -2.46. The molecule has 0 radical (unpaired) electrons. The van der Waals surface area contributed by atoms with E-state index in [0.717, 1.165) is 62.2 Å². The van der Waals surface area contributed by atoms with Gasteiger partial charge in [0.2, 0.25) is 0 Å². The number of nitriles is 1. The van der Waals surface area contributed by atoms with Crippen molar-refractivity contribution in [3.05, 3.63) is 59.2 Å². The molecule has 1 aliphatic carbocycles. The fraction of sp³-hybridized carbons (Fsp3) is 0.360. The Hall–Kier alpha value is -4.05. The number of fused-ring (bicyclic) bond motifs is 1. The van der Waals surface area contributed by atoms with Crippen LogP contribution >= 0.6 is 0 Å². The summed E-state index contributed by atoms with van der Waals surface area (Å²) in [6, 6.07) is 11.7. The van der Waals surface area contributed by atoms with Gasteiger partial charge in [0, 0.05) is 50.4 Å². The highest BCUT2D eigenvalue weighted by atomic mass is 19.4. The number of alkyl halides is 3. The van der Waals surface area contributed by atoms with E-state index in [-0.39, 0.29) is 0 Å². The molecule has 1 aliphatic heterocycles. The second kappa shape index (κ2) is 11.1. The molecular formula is C25H23F5N6O2. The number of aliphatic carboxylic acids is 1. The molecule has 0 atom stereocenters. The molecular weight excluding hydrogens is 511 g/mol. The van der Waals surface area contributed by atoms with Gasteiger partial charge in [-0.05, 0) is 37.1 Å². The Kier molecular flexibility index (Phi) is 7.91. The van der Waals surface area contributed by atoms with Gasteiger partial charge in [0.1, 0.15) is 11.6 Å². The first-order valence-electron chi connectivity index (χ1n) is 11.7. The molecule has 0 amide bonds. The van der Waals surface area contributed by atoms with Crippen molar-refractivity contribution in [2.24, 2.45) is 0 Å². The zero-order valence-electron chi connectivity index (χ0n) is 20.0. The SMILES string of the molecule is N#Cc1ccc2nc(N3CCN(Cc4ccc(F)cc4F)CC3)c(NC3CC3)nc2c1.O=C(O)C(F)(F)F. The lowest BCUT2D eigenvalue weighted by Gasteiger charge is -2.36. The highest BCUT2D eigenvalue weighted by Crippen LogP contribution is 2.31. The predicted octanol–water partition coefficient (Wildman–Crippen LogP) is 4.31. The average molecular weight is 534 g/mol. The summed E-state index contributed by atoms with van der Waals surface area (Å²) in [5.74, 6) is -2.25. The number of rotatable bonds is 5. The molecule has 1 saturated heterocycles. The van der Waals surface area contributed by atoms with Gasteiger partial charge in [-0.1, -0.05) is 6.07 Å². The fourth-order valence-corrected chi connectivity index (χ4v) is 3.86. The number of carboxylic acids is 1. The van der Waals surface area contributed by atoms with Crippen LogP contribution in [0.2, 0.25) is 0 Å². The normalized spacial score (nSPS) is 15.9. The molecule has 2 N–H and O–H groups in total. The first kappa shape index (κ1) is 27.0. The van der Waals surface area contributed by atoms with Gasteiger partial charge >= 0.3 is 12.1 Å². The molecule has 2 heterocycles. The van der Waals surface area contributed by atoms with E-state index >= 15 is 0 Å². The lowest BCUT2D eigenvalue weighted by atomic mass is 10.1. The maximum Gasteiger partial charge on any atom is 0.490 e. The van der Waals surface area contributed by atoms with E-state index in [0.29, 0.717) is 29.2 Å². The third-order valence-corrected chi connectivity index (χ3v) is 6.02. The van der Waals surface area contributed by atoms with Crippen molar-refractivity contribution in [2.75, 3.05) is 36.4 Å². The quantitative estimate of drug-likeness (QED) is 0.467. The summed E-state index contributed by atoms with van der Waals surface area (Å²) >= 11 is 0. The van der Waals surface area contributed by atoms with Crippen LogP contribution in [0.25, 0.3) is 11.0 Å². The number of hydrogen-bond acceptors (Lipinski definition) is 7. The maximum atomic E-state index is 14.0. The van der Waals surface area contributed by atoms with E-state index < -0.39 is 23.8 Å². The Labute approximate surface area is 214 Å². The Bertz CT molecular complexity index is 1360. The minimum absolute atomic E-state index is 0.424. The number of anilines is 2. The smallest absolute Gasteiger partial charge is 0.475 e. The molecule has 8 nitrogen and oxygen atoms in total. The minimum Gasteiger partial charge on any atom is -0.475 e. The van der Waals surface area contributed by atoms with E-state index in [2.05, 4.69) is 21.2 Å². The van der Waals surface area contributed by atoms with Gasteiger partial charge in [-0.15, -0.1) is 0 Å². The summed E-state index contributed by atoms with van der Waals surface area (Å²) < 4.78 is 58.9. The summed E-state index contributed by atoms with van der Waals surface area (Å²) in [7, 11) is 0. The van der Waals surface area contributed by atoms with Crippen molar-refractivity contribution < 1.29 is 31.9 Å². The highest BCUT2D eigenvalue weighted by molar-refractivity contribution is 5.82. The van der Waals surface area contributed by atoms with Gasteiger partial charge in [0.05, 0.1) is 22.7 Å². The van der Waals surface area contributed by atoms with Crippen LogP contribution in [-0.2, 0) is 11.3 Å². The third-order valence-electron chi connectivity index (χ3n) is 6.02. The molecule has 13 heteroatoms. The number of carbonyl (C=O) groups is 1. The first-order chi connectivity index (χ1) is 18.0. The second-order valence-electron chi connectivity index (χ2n) is 8.93. The third kappa shape index (κ3) is 6.83. The molecule has 0 bridgehead atoms. The van der Waals surface area contributed by atoms with E-state index in [1.54, 1.807) is 12.1 Å². The topological polar surface area (TPSA) is 105 Å². The Balaban J connectivity index is 0.000000426. The molecule has 3 aromatic rings. The van der Waals surface area contributed by atoms with Crippen molar-refractivity contribution in [2.45, 2.75) is 31.6 Å². The van der Waals surface area contributed by atoms with Crippen LogP contribution in [0.4, 0.5) is 33.6 Å².